The third kappa shape index (κ3) is 7.28. The fourth-order valence-electron chi connectivity index (χ4n) is 2.51. The summed E-state index contributed by atoms with van der Waals surface area (Å²) >= 11 is 0. The number of carbonyl (C=O) groups excluding carboxylic acids is 2. The van der Waals surface area contributed by atoms with Crippen molar-refractivity contribution >= 4 is 22.0 Å². The van der Waals surface area contributed by atoms with Gasteiger partial charge >= 0.3 is 35.0 Å². The van der Waals surface area contributed by atoms with Crippen molar-refractivity contribution in [2.45, 2.75) is 69.6 Å². The average molecular weight is 532 g/mol. The van der Waals surface area contributed by atoms with Gasteiger partial charge in [-0.1, -0.05) is 20.4 Å². The fourth-order valence-corrected chi connectivity index (χ4v) is 2.98. The minimum absolute atomic E-state index is 0.180. The van der Waals surface area contributed by atoms with Crippen LogP contribution in [-0.4, -0.2) is 72.6 Å². The molecule has 0 spiro atoms. The van der Waals surface area contributed by atoms with Gasteiger partial charge in [0.05, 0.1) is 6.61 Å². The maximum absolute atomic E-state index is 14.0. The number of nitrogens with zero attached hydrogens (tertiary/aromatic N) is 1. The lowest BCUT2D eigenvalue weighted by Gasteiger charge is -2.37. The van der Waals surface area contributed by atoms with Crippen LogP contribution in [0.3, 0.4) is 0 Å². The summed E-state index contributed by atoms with van der Waals surface area (Å²) in [5, 5.41) is -6.05. The van der Waals surface area contributed by atoms with Crippen molar-refractivity contribution in [2.75, 3.05) is 19.7 Å². The number of alkyl halides is 7. The quantitative estimate of drug-likeness (QED) is 0.0839. The first-order valence-electron chi connectivity index (χ1n) is 9.81. The highest BCUT2D eigenvalue weighted by Gasteiger charge is 2.67. The van der Waals surface area contributed by atoms with E-state index in [1.807, 2.05) is 0 Å². The van der Waals surface area contributed by atoms with Crippen LogP contribution in [0.25, 0.3) is 0 Å². The first-order valence-corrected chi connectivity index (χ1v) is 11.2. The molecule has 0 aromatic heterocycles. The van der Waals surface area contributed by atoms with Crippen LogP contribution in [-0.2, 0) is 29.2 Å². The maximum Gasteiger partial charge on any atom is 0.466 e. The van der Waals surface area contributed by atoms with E-state index in [1.54, 1.807) is 0 Å². The van der Waals surface area contributed by atoms with Crippen molar-refractivity contribution in [1.82, 2.24) is 4.90 Å². The molecule has 0 N–H and O–H groups in total. The number of ether oxygens (including phenoxy) is 2. The summed E-state index contributed by atoms with van der Waals surface area (Å²) in [5.41, 5.74) is -0.575. The Morgan fingerprint density at radius 3 is 1.82 bits per heavy atom. The van der Waals surface area contributed by atoms with E-state index in [9.17, 15) is 53.3 Å². The van der Waals surface area contributed by atoms with Gasteiger partial charge in [-0.3, -0.25) is 4.79 Å². The molecular weight excluding hydrogens is 507 g/mol. The zero-order valence-corrected chi connectivity index (χ0v) is 19.3. The van der Waals surface area contributed by atoms with Gasteiger partial charge in [0, 0.05) is 25.1 Å². The van der Waals surface area contributed by atoms with Crippen LogP contribution in [0.5, 0.6) is 0 Å². The van der Waals surface area contributed by atoms with Crippen molar-refractivity contribution in [3.8, 4) is 0 Å². The summed E-state index contributed by atoms with van der Waals surface area (Å²) in [6, 6.07) is 0. The normalized spacial score (nSPS) is 14.9. The number of carbonyl (C=O) groups is 2. The zero-order chi connectivity index (χ0) is 27.2. The Kier molecular flexibility index (Phi) is 11.0. The highest BCUT2D eigenvalue weighted by Crippen LogP contribution is 2.42. The Hall–Kier alpha value is -1.94. The fraction of sp³-hybridized carbons (Fsp3) is 0.778. The molecule has 8 nitrogen and oxygen atoms in total. The second-order valence-electron chi connectivity index (χ2n) is 7.20. The van der Waals surface area contributed by atoms with E-state index in [0.717, 1.165) is 6.92 Å². The molecule has 0 aliphatic heterocycles. The molecule has 1 atom stereocenters. The second-order valence-corrected chi connectivity index (χ2v) is 8.62. The van der Waals surface area contributed by atoms with Crippen LogP contribution < -0.4 is 0 Å². The number of esters is 1. The van der Waals surface area contributed by atoms with Crippen LogP contribution in [0.1, 0.15) is 46.5 Å². The molecule has 16 heteroatoms. The molecule has 34 heavy (non-hydrogen) atoms. The van der Waals surface area contributed by atoms with Crippen molar-refractivity contribution in [3.05, 3.63) is 12.2 Å². The monoisotopic (exact) mass is 532 g/mol. The van der Waals surface area contributed by atoms with Gasteiger partial charge < -0.3 is 18.9 Å². The first-order chi connectivity index (χ1) is 15.2. The summed E-state index contributed by atoms with van der Waals surface area (Å²) in [6.07, 6.45) is -8.88. The first kappa shape index (κ1) is 32.1. The Bertz CT molecular complexity index is 840. The molecule has 0 saturated carbocycles. The van der Waals surface area contributed by atoms with E-state index >= 15 is 0 Å². The van der Waals surface area contributed by atoms with E-state index in [1.165, 1.54) is 13.8 Å². The largest absolute Gasteiger partial charge is 0.743 e. The Labute approximate surface area is 191 Å². The molecular formula is C18H25F7NO7S-. The predicted molar refractivity (Wildman–Crippen MR) is 102 cm³/mol. The molecule has 0 radical (unpaired) electrons. The number of hydrogen-bond donors (Lipinski definition) is 0. The van der Waals surface area contributed by atoms with E-state index in [-0.39, 0.29) is 25.9 Å². The minimum atomic E-state index is -6.81. The lowest BCUT2D eigenvalue weighted by molar-refractivity contribution is -0.351. The summed E-state index contributed by atoms with van der Waals surface area (Å²) in [7, 11) is -6.81. The number of halogens is 7. The number of amides is 1. The minimum Gasteiger partial charge on any atom is -0.743 e. The van der Waals surface area contributed by atoms with Crippen molar-refractivity contribution < 1.29 is 62.8 Å². The third-order valence-corrected chi connectivity index (χ3v) is 5.12. The molecule has 1 unspecified atom stereocenters. The molecule has 1 amide bonds. The van der Waals surface area contributed by atoms with E-state index < -0.39 is 70.2 Å². The molecule has 0 saturated heterocycles. The third-order valence-electron chi connectivity index (χ3n) is 4.19. The van der Waals surface area contributed by atoms with E-state index in [2.05, 4.69) is 16.1 Å². The van der Waals surface area contributed by atoms with Crippen LogP contribution in [0.4, 0.5) is 30.7 Å². The van der Waals surface area contributed by atoms with Crippen molar-refractivity contribution in [2.24, 2.45) is 0 Å². The average Bonchev–Trinajstić information content (AvgIpc) is 2.67. The van der Waals surface area contributed by atoms with Gasteiger partial charge in [-0.05, 0) is 26.2 Å². The molecule has 0 aromatic rings. The van der Waals surface area contributed by atoms with Crippen LogP contribution in [0.15, 0.2) is 12.2 Å². The molecule has 0 heterocycles. The van der Waals surface area contributed by atoms with Crippen molar-refractivity contribution in [1.29, 1.82) is 0 Å². The number of rotatable bonds is 14. The summed E-state index contributed by atoms with van der Waals surface area (Å²) in [4.78, 5) is 25.4. The van der Waals surface area contributed by atoms with E-state index in [0.29, 0.717) is 4.90 Å². The smallest absolute Gasteiger partial charge is 0.466 e. The van der Waals surface area contributed by atoms with Crippen LogP contribution in [0.2, 0.25) is 0 Å². The molecule has 0 rings (SSSR count). The topological polar surface area (TPSA) is 113 Å². The summed E-state index contributed by atoms with van der Waals surface area (Å²) < 4.78 is 136. The second kappa shape index (κ2) is 11.7. The predicted octanol–water partition coefficient (Wildman–Crippen LogP) is 3.58. The van der Waals surface area contributed by atoms with Crippen LogP contribution in [0, 0.1) is 0 Å². The zero-order valence-electron chi connectivity index (χ0n) is 18.5. The number of hydrogen-bond acceptors (Lipinski definition) is 7. The van der Waals surface area contributed by atoms with Gasteiger partial charge in [0.1, 0.15) is 0 Å². The standard InChI is InChI=1S/C18H26F7NO7S/c1-5-9-26(10-6-2)14(28)16(17(21,22)23,33-13(27)12(3)4)32-11-7-8-15(19,20)18(24,25)34(29,30)31/h3,5-11H2,1-2,4H3,(H,29,30,31)/p-1. The van der Waals surface area contributed by atoms with Gasteiger partial charge in [-0.15, -0.1) is 0 Å². The maximum atomic E-state index is 14.0. The molecule has 200 valence electrons. The van der Waals surface area contributed by atoms with Gasteiger partial charge in [-0.2, -0.15) is 30.7 Å². The van der Waals surface area contributed by atoms with Crippen LogP contribution >= 0.6 is 0 Å². The highest BCUT2D eigenvalue weighted by molar-refractivity contribution is 7.86. The molecule has 0 aliphatic carbocycles. The Balaban J connectivity index is 6.08. The van der Waals surface area contributed by atoms with Gasteiger partial charge in [0.25, 0.3) is 0 Å². The molecule has 0 fully saturated rings. The lowest BCUT2D eigenvalue weighted by Crippen LogP contribution is -2.62. The van der Waals surface area contributed by atoms with E-state index in [4.69, 9.17) is 0 Å². The SMILES string of the molecule is C=C(C)C(=O)OC(OCCCC(F)(F)C(F)(F)S(=O)(=O)[O-])(C(=O)N(CCC)CCC)C(F)(F)F. The molecule has 0 aliphatic rings. The summed E-state index contributed by atoms with van der Waals surface area (Å²) in [5.74, 6) is -13.4. The van der Waals surface area contributed by atoms with Gasteiger partial charge in [0.2, 0.25) is 0 Å². The Morgan fingerprint density at radius 2 is 1.47 bits per heavy atom. The lowest BCUT2D eigenvalue weighted by atomic mass is 10.1. The van der Waals surface area contributed by atoms with Gasteiger partial charge in [0.15, 0.2) is 10.1 Å². The Morgan fingerprint density at radius 1 is 1.00 bits per heavy atom. The van der Waals surface area contributed by atoms with Crippen molar-refractivity contribution in [3.63, 3.8) is 0 Å². The molecule has 0 aromatic carbocycles. The highest BCUT2D eigenvalue weighted by atomic mass is 32.2. The molecule has 0 bridgehead atoms. The summed E-state index contributed by atoms with van der Waals surface area (Å²) in [6.45, 7) is 5.12. The van der Waals surface area contributed by atoms with Gasteiger partial charge in [-0.25, -0.2) is 13.2 Å².